The van der Waals surface area contributed by atoms with Crippen molar-refractivity contribution in [1.29, 1.82) is 0 Å². The van der Waals surface area contributed by atoms with Gasteiger partial charge in [-0.3, -0.25) is 9.59 Å². The number of carbonyl (C=O) groups is 2. The number of halogens is 1. The number of hydrogen-bond acceptors (Lipinski definition) is 5. The average Bonchev–Trinajstić information content (AvgIpc) is 3.32. The fraction of sp³-hybridized carbons (Fsp3) is 0.630. The lowest BCUT2D eigenvalue weighted by molar-refractivity contribution is -0.135. The van der Waals surface area contributed by atoms with Crippen molar-refractivity contribution in [2.75, 3.05) is 5.75 Å². The largest absolute Gasteiger partial charge is 0.342 e. The summed E-state index contributed by atoms with van der Waals surface area (Å²) in [5, 5.41) is 13.1. The molecule has 2 saturated carbocycles. The van der Waals surface area contributed by atoms with Crippen molar-refractivity contribution < 1.29 is 9.59 Å². The molecule has 9 heteroatoms. The van der Waals surface area contributed by atoms with E-state index in [0.29, 0.717) is 40.8 Å². The van der Waals surface area contributed by atoms with Gasteiger partial charge in [-0.15, -0.1) is 10.2 Å². The van der Waals surface area contributed by atoms with E-state index in [1.807, 2.05) is 18.4 Å². The van der Waals surface area contributed by atoms with E-state index in [4.69, 9.17) is 11.6 Å². The van der Waals surface area contributed by atoms with E-state index < -0.39 is 0 Å². The van der Waals surface area contributed by atoms with E-state index in [1.54, 1.807) is 24.3 Å². The summed E-state index contributed by atoms with van der Waals surface area (Å²) < 4.78 is 2.00. The number of rotatable bonds is 9. The van der Waals surface area contributed by atoms with Crippen LogP contribution in [-0.4, -0.2) is 49.3 Å². The van der Waals surface area contributed by atoms with Gasteiger partial charge in [0.2, 0.25) is 5.91 Å². The summed E-state index contributed by atoms with van der Waals surface area (Å²) in [6.45, 7) is 4.59. The summed E-state index contributed by atoms with van der Waals surface area (Å²) >= 11 is 7.40. The summed E-state index contributed by atoms with van der Waals surface area (Å²) in [6.07, 6.45) is 12.0. The van der Waals surface area contributed by atoms with Crippen LogP contribution in [0.5, 0.6) is 0 Å². The highest BCUT2D eigenvalue weighted by molar-refractivity contribution is 7.99. The van der Waals surface area contributed by atoms with Gasteiger partial charge in [0.15, 0.2) is 11.0 Å². The van der Waals surface area contributed by atoms with Gasteiger partial charge in [-0.25, -0.2) is 0 Å². The van der Waals surface area contributed by atoms with Gasteiger partial charge >= 0.3 is 0 Å². The predicted molar refractivity (Wildman–Crippen MR) is 144 cm³/mol. The Morgan fingerprint density at radius 3 is 2.17 bits per heavy atom. The molecule has 1 aromatic heterocycles. The minimum Gasteiger partial charge on any atom is -0.342 e. The van der Waals surface area contributed by atoms with Gasteiger partial charge in [0.05, 0.1) is 11.8 Å². The van der Waals surface area contributed by atoms with Gasteiger partial charge in [-0.05, 0) is 63.8 Å². The summed E-state index contributed by atoms with van der Waals surface area (Å²) in [4.78, 5) is 28.5. The topological polar surface area (TPSA) is 80.1 Å². The first kappa shape index (κ1) is 27.0. The van der Waals surface area contributed by atoms with Crippen LogP contribution in [-0.2, 0) is 11.3 Å². The highest BCUT2D eigenvalue weighted by Gasteiger charge is 2.32. The Labute approximate surface area is 223 Å². The molecular formula is C27H38ClN5O2S. The molecule has 36 heavy (non-hydrogen) atoms. The zero-order valence-electron chi connectivity index (χ0n) is 21.4. The maximum Gasteiger partial charge on any atom is 0.251 e. The number of aromatic nitrogens is 3. The first-order chi connectivity index (χ1) is 17.5. The molecule has 1 atom stereocenters. The van der Waals surface area contributed by atoms with Crippen LogP contribution in [0.25, 0.3) is 0 Å². The number of hydrogen-bond donors (Lipinski definition) is 1. The lowest BCUT2D eigenvalue weighted by atomic mass is 9.88. The normalized spacial score (nSPS) is 18.1. The fourth-order valence-corrected chi connectivity index (χ4v) is 6.60. The molecule has 7 nitrogen and oxygen atoms in total. The predicted octanol–water partition coefficient (Wildman–Crippen LogP) is 6.03. The standard InChI is InChI=1S/C27H38ClN5O2S/c1-3-32-25(19(2)29-26(35)20-14-16-21(28)17-15-20)30-31-27(32)36-18-24(34)33(22-10-6-4-7-11-22)23-12-8-5-9-13-23/h14-17,19,22-23H,3-13,18H2,1-2H3,(H,29,35)/t19-/m0/s1. The van der Waals surface area contributed by atoms with E-state index in [0.717, 1.165) is 30.8 Å². The highest BCUT2D eigenvalue weighted by atomic mass is 35.5. The van der Waals surface area contributed by atoms with Crippen molar-refractivity contribution in [3.63, 3.8) is 0 Å². The second-order valence-electron chi connectivity index (χ2n) is 9.96. The number of thioether (sulfide) groups is 1. The Morgan fingerprint density at radius 1 is 1.03 bits per heavy atom. The first-order valence-corrected chi connectivity index (χ1v) is 14.8. The van der Waals surface area contributed by atoms with E-state index in [-0.39, 0.29) is 17.9 Å². The molecule has 1 N–H and O–H groups in total. The fourth-order valence-electron chi connectivity index (χ4n) is 5.59. The lowest BCUT2D eigenvalue weighted by Gasteiger charge is -2.41. The summed E-state index contributed by atoms with van der Waals surface area (Å²) in [6, 6.07) is 7.25. The molecule has 4 rings (SSSR count). The molecule has 2 aliphatic rings. The molecule has 0 bridgehead atoms. The molecule has 2 aromatic rings. The summed E-state index contributed by atoms with van der Waals surface area (Å²) in [7, 11) is 0. The Kier molecular flexibility index (Phi) is 9.71. The maximum atomic E-state index is 13.6. The van der Waals surface area contributed by atoms with Crippen LogP contribution in [0.2, 0.25) is 5.02 Å². The first-order valence-electron chi connectivity index (χ1n) is 13.4. The Balaban J connectivity index is 1.41. The van der Waals surface area contributed by atoms with Crippen molar-refractivity contribution in [1.82, 2.24) is 25.0 Å². The van der Waals surface area contributed by atoms with E-state index in [2.05, 4.69) is 20.4 Å². The Hall–Kier alpha value is -2.06. The Bertz CT molecular complexity index is 998. The third-order valence-corrected chi connectivity index (χ3v) is 8.66. The van der Waals surface area contributed by atoms with Crippen molar-refractivity contribution in [3.8, 4) is 0 Å². The van der Waals surface area contributed by atoms with Crippen molar-refractivity contribution in [3.05, 3.63) is 40.7 Å². The summed E-state index contributed by atoms with van der Waals surface area (Å²) in [5.74, 6) is 1.10. The second kappa shape index (κ2) is 13.0. The Morgan fingerprint density at radius 2 is 1.61 bits per heavy atom. The lowest BCUT2D eigenvalue weighted by Crippen LogP contribution is -2.49. The van der Waals surface area contributed by atoms with Crippen LogP contribution < -0.4 is 5.32 Å². The van der Waals surface area contributed by atoms with E-state index in [9.17, 15) is 9.59 Å². The van der Waals surface area contributed by atoms with Crippen LogP contribution in [0, 0.1) is 0 Å². The van der Waals surface area contributed by atoms with Crippen LogP contribution in [0.15, 0.2) is 29.4 Å². The maximum absolute atomic E-state index is 13.6. The van der Waals surface area contributed by atoms with E-state index in [1.165, 1.54) is 50.3 Å². The van der Waals surface area contributed by atoms with Crippen LogP contribution in [0.1, 0.15) is 100 Å². The molecule has 0 radical (unpaired) electrons. The quantitative estimate of drug-likeness (QED) is 0.400. The van der Waals surface area contributed by atoms with Gasteiger partial charge in [-0.2, -0.15) is 0 Å². The van der Waals surface area contributed by atoms with Crippen LogP contribution in [0.3, 0.4) is 0 Å². The molecule has 0 spiro atoms. The van der Waals surface area contributed by atoms with Crippen LogP contribution in [0.4, 0.5) is 0 Å². The number of amides is 2. The minimum atomic E-state index is -0.327. The molecule has 0 saturated heterocycles. The molecule has 0 aliphatic heterocycles. The molecule has 2 aliphatic carbocycles. The third-order valence-electron chi connectivity index (χ3n) is 7.45. The average molecular weight is 532 g/mol. The van der Waals surface area contributed by atoms with Crippen molar-refractivity contribution >= 4 is 35.2 Å². The number of nitrogens with zero attached hydrogens (tertiary/aromatic N) is 4. The SMILES string of the molecule is CCn1c(SCC(=O)N(C2CCCCC2)C2CCCCC2)nnc1[C@H](C)NC(=O)c1ccc(Cl)cc1. The van der Waals surface area contributed by atoms with Crippen LogP contribution >= 0.6 is 23.4 Å². The second-order valence-corrected chi connectivity index (χ2v) is 11.3. The summed E-state index contributed by atoms with van der Waals surface area (Å²) in [5.41, 5.74) is 0.541. The van der Waals surface area contributed by atoms with Gasteiger partial charge in [0.25, 0.3) is 5.91 Å². The van der Waals surface area contributed by atoms with Gasteiger partial charge in [0, 0.05) is 29.2 Å². The molecular weight excluding hydrogens is 494 g/mol. The monoisotopic (exact) mass is 531 g/mol. The minimum absolute atomic E-state index is 0.190. The van der Waals surface area contributed by atoms with Crippen molar-refractivity contribution in [2.24, 2.45) is 0 Å². The van der Waals surface area contributed by atoms with Gasteiger partial charge < -0.3 is 14.8 Å². The van der Waals surface area contributed by atoms with Crippen molar-refractivity contribution in [2.45, 2.75) is 108 Å². The zero-order valence-corrected chi connectivity index (χ0v) is 23.0. The number of nitrogens with one attached hydrogen (secondary N) is 1. The van der Waals surface area contributed by atoms with Gasteiger partial charge in [-0.1, -0.05) is 61.9 Å². The van der Waals surface area contributed by atoms with Gasteiger partial charge in [0.1, 0.15) is 0 Å². The molecule has 196 valence electrons. The molecule has 2 amide bonds. The molecule has 1 aromatic carbocycles. The highest BCUT2D eigenvalue weighted by Crippen LogP contribution is 2.31. The number of benzene rings is 1. The molecule has 1 heterocycles. The third kappa shape index (κ3) is 6.62. The number of carbonyl (C=O) groups excluding carboxylic acids is 2. The molecule has 2 fully saturated rings. The zero-order chi connectivity index (χ0) is 25.5. The van der Waals surface area contributed by atoms with E-state index >= 15 is 0 Å². The molecule has 0 unspecified atom stereocenters. The smallest absolute Gasteiger partial charge is 0.251 e.